The quantitative estimate of drug-likeness (QED) is 0.911. The van der Waals surface area contributed by atoms with Gasteiger partial charge in [0.25, 0.3) is 5.91 Å². The first kappa shape index (κ1) is 14.5. The molecule has 2 N–H and O–H groups in total. The third-order valence-electron chi connectivity index (χ3n) is 2.84. The molecule has 0 saturated heterocycles. The van der Waals surface area contributed by atoms with Crippen LogP contribution < -0.4 is 5.32 Å². The molecule has 0 aliphatic carbocycles. The summed E-state index contributed by atoms with van der Waals surface area (Å²) in [6.45, 7) is 3.52. The Morgan fingerprint density at radius 2 is 2.10 bits per heavy atom. The highest BCUT2D eigenvalue weighted by Crippen LogP contribution is 2.33. The normalized spacial score (nSPS) is 10.3. The van der Waals surface area contributed by atoms with E-state index in [9.17, 15) is 14.7 Å². The minimum Gasteiger partial charge on any atom is -0.478 e. The molecule has 0 unspecified atom stereocenters. The highest BCUT2D eigenvalue weighted by Gasteiger charge is 2.21. The van der Waals surface area contributed by atoms with Gasteiger partial charge < -0.3 is 10.4 Å². The van der Waals surface area contributed by atoms with Crippen LogP contribution >= 0.6 is 22.9 Å². The Kier molecular flexibility index (Phi) is 4.06. The molecule has 2 aromatic heterocycles. The Labute approximate surface area is 124 Å². The highest BCUT2D eigenvalue weighted by molar-refractivity contribution is 7.16. The molecule has 0 atom stereocenters. The van der Waals surface area contributed by atoms with Crippen molar-refractivity contribution >= 4 is 39.8 Å². The summed E-state index contributed by atoms with van der Waals surface area (Å²) >= 11 is 7.11. The second-order valence-corrected chi connectivity index (χ2v) is 5.73. The number of anilines is 1. The van der Waals surface area contributed by atoms with E-state index < -0.39 is 11.9 Å². The summed E-state index contributed by atoms with van der Waals surface area (Å²) in [4.78, 5) is 28.0. The Morgan fingerprint density at radius 1 is 1.40 bits per heavy atom. The fourth-order valence-electron chi connectivity index (χ4n) is 1.70. The van der Waals surface area contributed by atoms with Crippen LogP contribution in [-0.4, -0.2) is 22.0 Å². The molecular formula is C13H11ClN2O3S. The molecule has 2 rings (SSSR count). The van der Waals surface area contributed by atoms with Crippen molar-refractivity contribution < 1.29 is 14.7 Å². The van der Waals surface area contributed by atoms with E-state index >= 15 is 0 Å². The van der Waals surface area contributed by atoms with Crippen molar-refractivity contribution in [2.75, 3.05) is 5.32 Å². The van der Waals surface area contributed by atoms with Crippen LogP contribution in [0.5, 0.6) is 0 Å². The van der Waals surface area contributed by atoms with Gasteiger partial charge in [0.1, 0.15) is 5.00 Å². The molecular weight excluding hydrogens is 300 g/mol. The molecule has 1 amide bonds. The van der Waals surface area contributed by atoms with E-state index in [0.29, 0.717) is 10.6 Å². The number of carbonyl (C=O) groups is 2. The lowest BCUT2D eigenvalue weighted by atomic mass is 10.1. The van der Waals surface area contributed by atoms with Gasteiger partial charge in [-0.05, 0) is 25.5 Å². The number of nitrogens with one attached hydrogen (secondary N) is 1. The monoisotopic (exact) mass is 310 g/mol. The van der Waals surface area contributed by atoms with Crippen LogP contribution in [0.2, 0.25) is 5.02 Å². The third kappa shape index (κ3) is 2.66. The number of aromatic carboxylic acids is 1. The van der Waals surface area contributed by atoms with Gasteiger partial charge >= 0.3 is 5.97 Å². The highest BCUT2D eigenvalue weighted by atomic mass is 35.5. The fraction of sp³-hybridized carbons (Fsp3) is 0.154. The third-order valence-corrected chi connectivity index (χ3v) is 4.27. The Hall–Kier alpha value is -1.92. The number of carboxylic acid groups (broad SMARTS) is 1. The molecule has 0 bridgehead atoms. The smallest absolute Gasteiger partial charge is 0.338 e. The van der Waals surface area contributed by atoms with E-state index in [4.69, 9.17) is 11.6 Å². The average molecular weight is 311 g/mol. The number of amides is 1. The van der Waals surface area contributed by atoms with Gasteiger partial charge in [0.15, 0.2) is 0 Å². The summed E-state index contributed by atoms with van der Waals surface area (Å²) in [6.07, 6.45) is 2.81. The molecule has 0 fully saturated rings. The van der Waals surface area contributed by atoms with Crippen molar-refractivity contribution in [3.63, 3.8) is 0 Å². The maximum absolute atomic E-state index is 12.1. The van der Waals surface area contributed by atoms with Gasteiger partial charge in [0.05, 0.1) is 16.1 Å². The van der Waals surface area contributed by atoms with Crippen molar-refractivity contribution in [3.05, 3.63) is 45.1 Å². The first-order valence-corrected chi connectivity index (χ1v) is 6.85. The molecule has 2 heterocycles. The lowest BCUT2D eigenvalue weighted by Crippen LogP contribution is -2.14. The largest absolute Gasteiger partial charge is 0.478 e. The number of hydrogen-bond donors (Lipinski definition) is 2. The Balaban J connectivity index is 2.36. The van der Waals surface area contributed by atoms with Gasteiger partial charge in [0, 0.05) is 17.3 Å². The fourth-order valence-corrected chi connectivity index (χ4v) is 2.96. The molecule has 0 aliphatic heterocycles. The molecule has 0 radical (unpaired) electrons. The molecule has 0 aromatic carbocycles. The number of carboxylic acids is 1. The van der Waals surface area contributed by atoms with Gasteiger partial charge in [-0.15, -0.1) is 11.3 Å². The molecule has 0 saturated carbocycles. The number of aromatic nitrogens is 1. The van der Waals surface area contributed by atoms with Crippen molar-refractivity contribution in [2.45, 2.75) is 13.8 Å². The number of thiophene rings is 1. The van der Waals surface area contributed by atoms with Crippen LogP contribution in [0.25, 0.3) is 0 Å². The zero-order chi connectivity index (χ0) is 14.9. The first-order chi connectivity index (χ1) is 9.41. The Bertz CT molecular complexity index is 697. The standard InChI is InChI=1S/C13H11ClN2O3S/c1-6-7(2)20-12(10(6)13(18)19)16-11(17)8-3-4-15-5-9(8)14/h3-5H,1-2H3,(H,16,17)(H,18,19). The van der Waals surface area contributed by atoms with E-state index in [1.807, 2.05) is 6.92 Å². The van der Waals surface area contributed by atoms with Gasteiger partial charge in [-0.3, -0.25) is 9.78 Å². The minimum atomic E-state index is -1.07. The summed E-state index contributed by atoms with van der Waals surface area (Å²) in [5.41, 5.74) is 1.02. The van der Waals surface area contributed by atoms with Crippen LogP contribution in [0.1, 0.15) is 31.2 Å². The average Bonchev–Trinajstić information content (AvgIpc) is 2.65. The topological polar surface area (TPSA) is 79.3 Å². The van der Waals surface area contributed by atoms with Gasteiger partial charge in [-0.25, -0.2) is 4.79 Å². The summed E-state index contributed by atoms with van der Waals surface area (Å²) in [5.74, 6) is -1.52. The maximum atomic E-state index is 12.1. The van der Waals surface area contributed by atoms with Crippen LogP contribution in [0.15, 0.2) is 18.5 Å². The number of nitrogens with zero attached hydrogens (tertiary/aromatic N) is 1. The SMILES string of the molecule is Cc1sc(NC(=O)c2ccncc2Cl)c(C(=O)O)c1C. The molecule has 0 aliphatic rings. The maximum Gasteiger partial charge on any atom is 0.338 e. The number of rotatable bonds is 3. The Morgan fingerprint density at radius 3 is 2.70 bits per heavy atom. The van der Waals surface area contributed by atoms with E-state index in [2.05, 4.69) is 10.3 Å². The summed E-state index contributed by atoms with van der Waals surface area (Å²) < 4.78 is 0. The van der Waals surface area contributed by atoms with Gasteiger partial charge in [-0.2, -0.15) is 0 Å². The van der Waals surface area contributed by atoms with Gasteiger partial charge in [-0.1, -0.05) is 11.6 Å². The zero-order valence-electron chi connectivity index (χ0n) is 10.7. The minimum absolute atomic E-state index is 0.117. The van der Waals surface area contributed by atoms with Crippen LogP contribution in [-0.2, 0) is 0 Å². The summed E-state index contributed by atoms with van der Waals surface area (Å²) in [5, 5.41) is 12.3. The van der Waals surface area contributed by atoms with E-state index in [1.54, 1.807) is 6.92 Å². The number of halogens is 1. The number of carbonyl (C=O) groups excluding carboxylic acids is 1. The number of aryl methyl sites for hydroxylation is 1. The molecule has 7 heteroatoms. The summed E-state index contributed by atoms with van der Waals surface area (Å²) in [7, 11) is 0. The molecule has 104 valence electrons. The molecule has 0 spiro atoms. The van der Waals surface area contributed by atoms with Crippen LogP contribution in [0.3, 0.4) is 0 Å². The second-order valence-electron chi connectivity index (χ2n) is 4.10. The molecule has 5 nitrogen and oxygen atoms in total. The zero-order valence-corrected chi connectivity index (χ0v) is 12.3. The molecule has 20 heavy (non-hydrogen) atoms. The van der Waals surface area contributed by atoms with Crippen molar-refractivity contribution in [2.24, 2.45) is 0 Å². The van der Waals surface area contributed by atoms with E-state index in [0.717, 1.165) is 4.88 Å². The second kappa shape index (κ2) is 5.60. The first-order valence-electron chi connectivity index (χ1n) is 5.66. The molecule has 2 aromatic rings. The van der Waals surface area contributed by atoms with Gasteiger partial charge in [0.2, 0.25) is 0 Å². The lowest BCUT2D eigenvalue weighted by molar-refractivity contribution is 0.0697. The number of hydrogen-bond acceptors (Lipinski definition) is 4. The summed E-state index contributed by atoms with van der Waals surface area (Å²) in [6, 6.07) is 1.48. The van der Waals surface area contributed by atoms with Crippen LogP contribution in [0.4, 0.5) is 5.00 Å². The van der Waals surface area contributed by atoms with E-state index in [-0.39, 0.29) is 16.1 Å². The van der Waals surface area contributed by atoms with Crippen molar-refractivity contribution in [1.29, 1.82) is 0 Å². The van der Waals surface area contributed by atoms with Crippen molar-refractivity contribution in [1.82, 2.24) is 4.98 Å². The predicted octanol–water partition coefficient (Wildman–Crippen LogP) is 3.36. The predicted molar refractivity (Wildman–Crippen MR) is 78.0 cm³/mol. The lowest BCUT2D eigenvalue weighted by Gasteiger charge is -2.05. The van der Waals surface area contributed by atoms with Crippen LogP contribution in [0, 0.1) is 13.8 Å². The van der Waals surface area contributed by atoms with E-state index in [1.165, 1.54) is 29.8 Å². The van der Waals surface area contributed by atoms with Crippen molar-refractivity contribution in [3.8, 4) is 0 Å². The number of pyridine rings is 1.